The first-order chi connectivity index (χ1) is 14.7. The minimum absolute atomic E-state index is 1.00. The summed E-state index contributed by atoms with van der Waals surface area (Å²) in [6.07, 6.45) is 5.97. The van der Waals surface area contributed by atoms with Gasteiger partial charge < -0.3 is 4.90 Å². The van der Waals surface area contributed by atoms with Crippen molar-refractivity contribution in [2.45, 2.75) is 30.4 Å². The molecule has 0 spiro atoms. The van der Waals surface area contributed by atoms with Crippen molar-refractivity contribution in [3.8, 4) is 0 Å². The molecule has 150 valence electrons. The highest BCUT2D eigenvalue weighted by Gasteiger charge is 2.24. The van der Waals surface area contributed by atoms with Gasteiger partial charge in [0.2, 0.25) is 0 Å². The number of thioether (sulfide) groups is 1. The molecule has 5 rings (SSSR count). The van der Waals surface area contributed by atoms with Gasteiger partial charge in [-0.25, -0.2) is 0 Å². The molecule has 2 aromatic carbocycles. The van der Waals surface area contributed by atoms with Gasteiger partial charge in [-0.3, -0.25) is 4.98 Å². The quantitative estimate of drug-likeness (QED) is 0.476. The molecular weight excluding hydrogens is 384 g/mol. The number of hydrogen-bond acceptors (Lipinski definition) is 3. The average molecular weight is 411 g/mol. The Balaban J connectivity index is 1.49. The molecule has 3 heteroatoms. The lowest BCUT2D eigenvalue weighted by Gasteiger charge is -2.33. The van der Waals surface area contributed by atoms with Crippen LogP contribution in [0.4, 0.5) is 0 Å². The molecule has 0 amide bonds. The lowest BCUT2D eigenvalue weighted by atomic mass is 9.86. The molecule has 2 aliphatic rings. The van der Waals surface area contributed by atoms with E-state index in [1.807, 2.05) is 24.2 Å². The molecule has 0 unspecified atom stereocenters. The first-order valence-corrected chi connectivity index (χ1v) is 11.6. The molecule has 0 aliphatic carbocycles. The molecule has 30 heavy (non-hydrogen) atoms. The second-order valence-electron chi connectivity index (χ2n) is 8.11. The largest absolute Gasteiger partial charge is 0.371 e. The highest BCUT2D eigenvalue weighted by atomic mass is 32.2. The van der Waals surface area contributed by atoms with Crippen LogP contribution in [-0.4, -0.2) is 23.0 Å². The Hall–Kier alpha value is -2.78. The second kappa shape index (κ2) is 8.16. The monoisotopic (exact) mass is 410 g/mol. The van der Waals surface area contributed by atoms with Crippen LogP contribution in [0.5, 0.6) is 0 Å². The fourth-order valence-corrected chi connectivity index (χ4v) is 5.63. The summed E-state index contributed by atoms with van der Waals surface area (Å²) in [6.45, 7) is 8.47. The van der Waals surface area contributed by atoms with Gasteiger partial charge in [0, 0.05) is 47.4 Å². The lowest BCUT2D eigenvalue weighted by molar-refractivity contribution is 0.370. The zero-order chi connectivity index (χ0) is 20.5. The van der Waals surface area contributed by atoms with Crippen molar-refractivity contribution < 1.29 is 0 Å². The first-order valence-electron chi connectivity index (χ1n) is 10.6. The number of likely N-dealkylation sites (tertiary alicyclic amines) is 1. The van der Waals surface area contributed by atoms with E-state index in [0.717, 1.165) is 42.9 Å². The number of fused-ring (bicyclic) bond motifs is 2. The Morgan fingerprint density at radius 1 is 0.967 bits per heavy atom. The molecule has 2 nitrogen and oxygen atoms in total. The predicted molar refractivity (Wildman–Crippen MR) is 127 cm³/mol. The fourth-order valence-electron chi connectivity index (χ4n) is 4.56. The molecule has 0 radical (unpaired) electrons. The Morgan fingerprint density at radius 2 is 1.70 bits per heavy atom. The topological polar surface area (TPSA) is 16.1 Å². The second-order valence-corrected chi connectivity index (χ2v) is 9.12. The Morgan fingerprint density at radius 3 is 2.50 bits per heavy atom. The zero-order valence-electron chi connectivity index (χ0n) is 17.4. The summed E-state index contributed by atoms with van der Waals surface area (Å²) >= 11 is 1.96. The highest BCUT2D eigenvalue weighted by molar-refractivity contribution is 7.98. The van der Waals surface area contributed by atoms with Crippen LogP contribution in [0.25, 0.3) is 11.3 Å². The van der Waals surface area contributed by atoms with Crippen LogP contribution < -0.4 is 0 Å². The van der Waals surface area contributed by atoms with Crippen LogP contribution in [0, 0.1) is 6.92 Å². The summed E-state index contributed by atoms with van der Waals surface area (Å²) in [4.78, 5) is 8.17. The molecule has 0 atom stereocenters. The summed E-state index contributed by atoms with van der Waals surface area (Å²) in [7, 11) is 0. The number of aryl methyl sites for hydroxylation is 1. The summed E-state index contributed by atoms with van der Waals surface area (Å²) in [5, 5.41) is 0. The van der Waals surface area contributed by atoms with Crippen molar-refractivity contribution >= 4 is 23.0 Å². The third kappa shape index (κ3) is 3.59. The third-order valence-electron chi connectivity index (χ3n) is 6.14. The van der Waals surface area contributed by atoms with E-state index in [2.05, 4.69) is 78.0 Å². The van der Waals surface area contributed by atoms with Crippen molar-refractivity contribution in [2.24, 2.45) is 0 Å². The van der Waals surface area contributed by atoms with Crippen LogP contribution in [0.3, 0.4) is 0 Å². The number of benzene rings is 2. The number of nitrogens with zero attached hydrogens (tertiary/aromatic N) is 2. The highest BCUT2D eigenvalue weighted by Crippen LogP contribution is 2.43. The van der Waals surface area contributed by atoms with Crippen LogP contribution in [0.2, 0.25) is 0 Å². The number of piperidine rings is 1. The smallest absolute Gasteiger partial charge is 0.0382 e. The predicted octanol–water partition coefficient (Wildman–Crippen LogP) is 6.56. The summed E-state index contributed by atoms with van der Waals surface area (Å²) in [6, 6.07) is 20.0. The van der Waals surface area contributed by atoms with E-state index in [1.165, 1.54) is 32.7 Å². The van der Waals surface area contributed by atoms with Crippen molar-refractivity contribution in [3.63, 3.8) is 0 Å². The Kier molecular flexibility index (Phi) is 5.22. The van der Waals surface area contributed by atoms with Crippen molar-refractivity contribution in [3.05, 3.63) is 107 Å². The summed E-state index contributed by atoms with van der Waals surface area (Å²) < 4.78 is 0. The summed E-state index contributed by atoms with van der Waals surface area (Å²) in [5.41, 5.74) is 10.7. The van der Waals surface area contributed by atoms with Crippen molar-refractivity contribution in [1.29, 1.82) is 0 Å². The standard InChI is InChI=1S/C27H26N2S/c1-19-15-23(17-28-16-19)20(2)29-13-11-21(12-14-29)27-24-8-4-3-7-22(24)18-30-26-10-6-5-9-25(26)27/h3-10,15-17H,2,11-14,18H2,1H3. The van der Waals surface area contributed by atoms with Gasteiger partial charge in [0.1, 0.15) is 0 Å². The SMILES string of the molecule is C=C(c1cncc(C)c1)N1CCC(=C2c3ccccc3CSc3ccccc32)CC1. The Bertz CT molecular complexity index is 1090. The fraction of sp³-hybridized carbons (Fsp3) is 0.222. The van der Waals surface area contributed by atoms with Crippen molar-refractivity contribution in [2.75, 3.05) is 13.1 Å². The first kappa shape index (κ1) is 19.2. The van der Waals surface area contributed by atoms with Gasteiger partial charge in [-0.1, -0.05) is 54.6 Å². The maximum absolute atomic E-state index is 4.38. The number of aromatic nitrogens is 1. The molecule has 0 saturated carbocycles. The van der Waals surface area contributed by atoms with Gasteiger partial charge in [0.25, 0.3) is 0 Å². The molecular formula is C27H26N2S. The Labute approximate surface area is 183 Å². The van der Waals surface area contributed by atoms with Gasteiger partial charge in [0.05, 0.1) is 0 Å². The van der Waals surface area contributed by atoms with E-state index in [-0.39, 0.29) is 0 Å². The van der Waals surface area contributed by atoms with Gasteiger partial charge in [-0.15, -0.1) is 11.8 Å². The molecule has 0 N–H and O–H groups in total. The molecule has 1 fully saturated rings. The van der Waals surface area contributed by atoms with E-state index < -0.39 is 0 Å². The lowest BCUT2D eigenvalue weighted by Crippen LogP contribution is -2.29. The average Bonchev–Trinajstić information content (AvgIpc) is 2.96. The van der Waals surface area contributed by atoms with E-state index in [1.54, 1.807) is 5.57 Å². The van der Waals surface area contributed by atoms with Crippen molar-refractivity contribution in [1.82, 2.24) is 9.88 Å². The normalized spacial score (nSPS) is 16.0. The van der Waals surface area contributed by atoms with Gasteiger partial charge >= 0.3 is 0 Å². The van der Waals surface area contributed by atoms with Crippen LogP contribution in [0.15, 0.2) is 84.0 Å². The van der Waals surface area contributed by atoms with Gasteiger partial charge in [0.15, 0.2) is 0 Å². The molecule has 3 aromatic rings. The molecule has 3 heterocycles. The number of pyridine rings is 1. The minimum Gasteiger partial charge on any atom is -0.371 e. The van der Waals surface area contributed by atoms with Crippen LogP contribution in [0.1, 0.15) is 40.7 Å². The maximum Gasteiger partial charge on any atom is 0.0382 e. The number of rotatable bonds is 2. The molecule has 1 saturated heterocycles. The maximum atomic E-state index is 4.38. The molecule has 2 aliphatic heterocycles. The van der Waals surface area contributed by atoms with Crippen LogP contribution in [-0.2, 0) is 5.75 Å². The third-order valence-corrected chi connectivity index (χ3v) is 7.26. The van der Waals surface area contributed by atoms with Crippen LogP contribution >= 0.6 is 11.8 Å². The molecule has 0 bridgehead atoms. The minimum atomic E-state index is 1.00. The van der Waals surface area contributed by atoms with E-state index in [9.17, 15) is 0 Å². The summed E-state index contributed by atoms with van der Waals surface area (Å²) in [5.74, 6) is 1.03. The number of hydrogen-bond donors (Lipinski definition) is 0. The molecule has 1 aromatic heterocycles. The zero-order valence-corrected chi connectivity index (χ0v) is 18.2. The van der Waals surface area contributed by atoms with Gasteiger partial charge in [-0.2, -0.15) is 0 Å². The van der Waals surface area contributed by atoms with E-state index in [4.69, 9.17) is 0 Å². The van der Waals surface area contributed by atoms with E-state index in [0.29, 0.717) is 0 Å². The van der Waals surface area contributed by atoms with E-state index >= 15 is 0 Å². The van der Waals surface area contributed by atoms with Gasteiger partial charge in [-0.05, 0) is 59.7 Å².